The molecule has 1 fully saturated rings. The van der Waals surface area contributed by atoms with Crippen LogP contribution < -0.4 is 15.4 Å². The molecule has 1 atom stereocenters. The molecule has 0 saturated carbocycles. The largest absolute Gasteiger partial charge is 0.439 e. The molecule has 162 valence electrons. The summed E-state index contributed by atoms with van der Waals surface area (Å²) >= 11 is 0. The van der Waals surface area contributed by atoms with Crippen molar-refractivity contribution in [3.05, 3.63) is 54.0 Å². The summed E-state index contributed by atoms with van der Waals surface area (Å²) in [5.41, 5.74) is 0.809. The standard InChI is InChI=1S/C22H29FN4O3/c1-2-24-22(26-11-5-12-29-20-9-13-28-16-20)27-15-17-6-4-10-25-21(17)30-19-8-3-7-18(23)14-19/h3-4,6-8,10,14,20H,2,5,9,11-13,15-16H2,1H3,(H2,24,26,27). The number of ether oxygens (including phenoxy) is 3. The molecular formula is C22H29FN4O3. The lowest BCUT2D eigenvalue weighted by Crippen LogP contribution is -2.38. The summed E-state index contributed by atoms with van der Waals surface area (Å²) in [5.74, 6) is 1.17. The van der Waals surface area contributed by atoms with Crippen LogP contribution in [0.5, 0.6) is 11.6 Å². The Balaban J connectivity index is 1.52. The zero-order valence-corrected chi connectivity index (χ0v) is 17.3. The van der Waals surface area contributed by atoms with Crippen LogP contribution in [0.4, 0.5) is 4.39 Å². The third kappa shape index (κ3) is 7.27. The number of hydrogen-bond donors (Lipinski definition) is 2. The van der Waals surface area contributed by atoms with Crippen molar-refractivity contribution in [3.63, 3.8) is 0 Å². The van der Waals surface area contributed by atoms with Gasteiger partial charge in [-0.1, -0.05) is 12.1 Å². The van der Waals surface area contributed by atoms with Gasteiger partial charge in [0.25, 0.3) is 0 Å². The average Bonchev–Trinajstić information content (AvgIpc) is 3.26. The van der Waals surface area contributed by atoms with Gasteiger partial charge in [0.1, 0.15) is 11.6 Å². The first-order valence-electron chi connectivity index (χ1n) is 10.3. The van der Waals surface area contributed by atoms with Gasteiger partial charge in [-0.2, -0.15) is 0 Å². The SMILES string of the molecule is CCNC(=NCc1cccnc1Oc1cccc(F)c1)NCCCOC1CCOC1. The van der Waals surface area contributed by atoms with Crippen LogP contribution in [0.1, 0.15) is 25.3 Å². The number of aromatic nitrogens is 1. The minimum Gasteiger partial charge on any atom is -0.439 e. The van der Waals surface area contributed by atoms with E-state index in [1.54, 1.807) is 18.3 Å². The predicted molar refractivity (Wildman–Crippen MR) is 113 cm³/mol. The Morgan fingerprint density at radius 3 is 3.03 bits per heavy atom. The van der Waals surface area contributed by atoms with Gasteiger partial charge in [-0.15, -0.1) is 0 Å². The van der Waals surface area contributed by atoms with Crippen LogP contribution in [0.15, 0.2) is 47.6 Å². The van der Waals surface area contributed by atoms with E-state index < -0.39 is 0 Å². The van der Waals surface area contributed by atoms with E-state index in [0.717, 1.165) is 38.1 Å². The fourth-order valence-corrected chi connectivity index (χ4v) is 2.96. The second-order valence-electron chi connectivity index (χ2n) is 6.86. The minimum atomic E-state index is -0.355. The molecule has 0 amide bonds. The second kappa shape index (κ2) is 12.1. The lowest BCUT2D eigenvalue weighted by molar-refractivity contribution is 0.0420. The first-order valence-corrected chi connectivity index (χ1v) is 10.3. The third-order valence-corrected chi connectivity index (χ3v) is 4.47. The van der Waals surface area contributed by atoms with Crippen LogP contribution in [0.2, 0.25) is 0 Å². The quantitative estimate of drug-likeness (QED) is 0.352. The van der Waals surface area contributed by atoms with Crippen molar-refractivity contribution < 1.29 is 18.6 Å². The maximum Gasteiger partial charge on any atom is 0.224 e. The summed E-state index contributed by atoms with van der Waals surface area (Å²) in [7, 11) is 0. The molecule has 2 N–H and O–H groups in total. The van der Waals surface area contributed by atoms with Crippen LogP contribution in [-0.4, -0.2) is 50.0 Å². The van der Waals surface area contributed by atoms with E-state index in [0.29, 0.717) is 37.3 Å². The topological polar surface area (TPSA) is 77.0 Å². The van der Waals surface area contributed by atoms with E-state index in [-0.39, 0.29) is 11.9 Å². The molecule has 0 radical (unpaired) electrons. The van der Waals surface area contributed by atoms with Gasteiger partial charge in [0.2, 0.25) is 5.88 Å². The molecule has 3 rings (SSSR count). The van der Waals surface area contributed by atoms with Gasteiger partial charge in [-0.05, 0) is 38.0 Å². The highest BCUT2D eigenvalue weighted by atomic mass is 19.1. The van der Waals surface area contributed by atoms with E-state index in [9.17, 15) is 4.39 Å². The van der Waals surface area contributed by atoms with Crippen molar-refractivity contribution in [2.24, 2.45) is 4.99 Å². The van der Waals surface area contributed by atoms with Gasteiger partial charge in [-0.3, -0.25) is 0 Å². The normalized spacial score (nSPS) is 16.5. The van der Waals surface area contributed by atoms with Crippen molar-refractivity contribution in [1.29, 1.82) is 0 Å². The number of nitrogens with one attached hydrogen (secondary N) is 2. The fraction of sp³-hybridized carbons (Fsp3) is 0.455. The number of nitrogens with zero attached hydrogens (tertiary/aromatic N) is 2. The Bertz CT molecular complexity index is 812. The van der Waals surface area contributed by atoms with Crippen LogP contribution in [0.3, 0.4) is 0 Å². The van der Waals surface area contributed by atoms with E-state index in [1.807, 2.05) is 19.1 Å². The summed E-state index contributed by atoms with van der Waals surface area (Å²) in [6.45, 7) is 6.07. The predicted octanol–water partition coefficient (Wildman–Crippen LogP) is 3.26. The average molecular weight is 416 g/mol. The summed E-state index contributed by atoms with van der Waals surface area (Å²) < 4.78 is 30.3. The first-order chi connectivity index (χ1) is 14.7. The number of halogens is 1. The van der Waals surface area contributed by atoms with Crippen LogP contribution in [0.25, 0.3) is 0 Å². The van der Waals surface area contributed by atoms with Gasteiger partial charge < -0.3 is 24.8 Å². The van der Waals surface area contributed by atoms with Crippen LogP contribution >= 0.6 is 0 Å². The molecule has 1 aliphatic heterocycles. The molecule has 2 heterocycles. The monoisotopic (exact) mass is 416 g/mol. The Hall–Kier alpha value is -2.71. The Labute approximate surface area is 176 Å². The van der Waals surface area contributed by atoms with Gasteiger partial charge in [0, 0.05) is 44.1 Å². The van der Waals surface area contributed by atoms with Crippen LogP contribution in [0, 0.1) is 5.82 Å². The Kier molecular flexibility index (Phi) is 8.86. The summed E-state index contributed by atoms with van der Waals surface area (Å²) in [6, 6.07) is 9.71. The highest BCUT2D eigenvalue weighted by Gasteiger charge is 2.15. The van der Waals surface area contributed by atoms with Crippen molar-refractivity contribution in [2.75, 3.05) is 32.9 Å². The van der Waals surface area contributed by atoms with E-state index in [4.69, 9.17) is 14.2 Å². The number of pyridine rings is 1. The highest BCUT2D eigenvalue weighted by Crippen LogP contribution is 2.23. The van der Waals surface area contributed by atoms with Gasteiger partial charge in [0.05, 0.1) is 19.3 Å². The van der Waals surface area contributed by atoms with E-state index in [2.05, 4.69) is 20.6 Å². The molecular weight excluding hydrogens is 387 g/mol. The molecule has 2 aromatic rings. The molecule has 1 aliphatic rings. The third-order valence-electron chi connectivity index (χ3n) is 4.47. The maximum atomic E-state index is 13.4. The van der Waals surface area contributed by atoms with Crippen molar-refractivity contribution >= 4 is 5.96 Å². The van der Waals surface area contributed by atoms with E-state index >= 15 is 0 Å². The molecule has 0 spiro atoms. The zero-order chi connectivity index (χ0) is 21.0. The zero-order valence-electron chi connectivity index (χ0n) is 17.3. The van der Waals surface area contributed by atoms with Crippen molar-refractivity contribution in [1.82, 2.24) is 15.6 Å². The molecule has 0 aliphatic carbocycles. The molecule has 1 saturated heterocycles. The number of hydrogen-bond acceptors (Lipinski definition) is 5. The molecule has 8 heteroatoms. The molecule has 7 nitrogen and oxygen atoms in total. The minimum absolute atomic E-state index is 0.231. The molecule has 0 bridgehead atoms. The molecule has 1 aromatic heterocycles. The van der Waals surface area contributed by atoms with Crippen molar-refractivity contribution in [2.45, 2.75) is 32.4 Å². The number of benzene rings is 1. The number of rotatable bonds is 10. The van der Waals surface area contributed by atoms with Gasteiger partial charge >= 0.3 is 0 Å². The lowest BCUT2D eigenvalue weighted by Gasteiger charge is -2.13. The van der Waals surface area contributed by atoms with E-state index in [1.165, 1.54) is 12.1 Å². The summed E-state index contributed by atoms with van der Waals surface area (Å²) in [5, 5.41) is 6.54. The van der Waals surface area contributed by atoms with Crippen molar-refractivity contribution in [3.8, 4) is 11.6 Å². The van der Waals surface area contributed by atoms with Crippen LogP contribution in [-0.2, 0) is 16.0 Å². The maximum absolute atomic E-state index is 13.4. The second-order valence-corrected chi connectivity index (χ2v) is 6.86. The molecule has 1 aromatic carbocycles. The summed E-state index contributed by atoms with van der Waals surface area (Å²) in [6.07, 6.45) is 3.72. The Morgan fingerprint density at radius 1 is 1.30 bits per heavy atom. The first kappa shape index (κ1) is 22.0. The summed E-state index contributed by atoms with van der Waals surface area (Å²) in [4.78, 5) is 8.89. The molecule has 30 heavy (non-hydrogen) atoms. The Morgan fingerprint density at radius 2 is 2.23 bits per heavy atom. The highest BCUT2D eigenvalue weighted by molar-refractivity contribution is 5.79. The number of guanidine groups is 1. The fourth-order valence-electron chi connectivity index (χ4n) is 2.96. The molecule has 1 unspecified atom stereocenters. The number of aliphatic imine (C=N–C) groups is 1. The van der Waals surface area contributed by atoms with Gasteiger partial charge in [0.15, 0.2) is 5.96 Å². The smallest absolute Gasteiger partial charge is 0.224 e. The lowest BCUT2D eigenvalue weighted by atomic mass is 10.2. The van der Waals surface area contributed by atoms with Gasteiger partial charge in [-0.25, -0.2) is 14.4 Å².